The molecule has 0 radical (unpaired) electrons. The van der Waals surface area contributed by atoms with E-state index in [0.717, 1.165) is 44.3 Å². The largest absolute Gasteiger partial charge is 0.392 e. The Bertz CT molecular complexity index is 1110. The molecule has 2 aromatic heterocycles. The zero-order valence-electron chi connectivity index (χ0n) is 16.7. The van der Waals surface area contributed by atoms with E-state index in [1.54, 1.807) is 0 Å². The number of aromatic nitrogens is 2. The average molecular weight is 374 g/mol. The van der Waals surface area contributed by atoms with Crippen LogP contribution < -0.4 is 0 Å². The first-order valence-electron chi connectivity index (χ1n) is 9.87. The number of rotatable bonds is 2. The molecular weight excluding hydrogens is 348 g/mol. The molecule has 1 aliphatic carbocycles. The molecule has 4 aromatic rings. The molecular formula is C24H26N2O2. The zero-order chi connectivity index (χ0) is 19.7. The highest BCUT2D eigenvalue weighted by molar-refractivity contribution is 5.88. The third-order valence-corrected chi connectivity index (χ3v) is 7.04. The summed E-state index contributed by atoms with van der Waals surface area (Å²) in [4.78, 5) is 0. The van der Waals surface area contributed by atoms with Crippen LogP contribution in [0.25, 0.3) is 21.8 Å². The quantitative estimate of drug-likeness (QED) is 0.559. The minimum absolute atomic E-state index is 0.269. The van der Waals surface area contributed by atoms with E-state index in [2.05, 4.69) is 47.2 Å². The van der Waals surface area contributed by atoms with Crippen LogP contribution in [-0.4, -0.2) is 31.6 Å². The lowest BCUT2D eigenvalue weighted by atomic mass is 9.62. The van der Waals surface area contributed by atoms with Gasteiger partial charge in [0.15, 0.2) is 0 Å². The van der Waals surface area contributed by atoms with E-state index in [4.69, 9.17) is 0 Å². The molecule has 144 valence electrons. The van der Waals surface area contributed by atoms with Gasteiger partial charge in [0.25, 0.3) is 0 Å². The maximum Gasteiger partial charge on any atom is 0.0729 e. The molecule has 2 N–H and O–H groups in total. The van der Waals surface area contributed by atoms with Crippen molar-refractivity contribution in [1.82, 2.24) is 9.13 Å². The Kier molecular flexibility index (Phi) is 3.74. The maximum absolute atomic E-state index is 11.3. The number of hydrogen-bond donors (Lipinski definition) is 2. The molecule has 0 bridgehead atoms. The molecule has 1 fully saturated rings. The lowest BCUT2D eigenvalue weighted by molar-refractivity contribution is -0.0780. The third kappa shape index (κ3) is 2.07. The van der Waals surface area contributed by atoms with Gasteiger partial charge in [-0.1, -0.05) is 36.4 Å². The fourth-order valence-electron chi connectivity index (χ4n) is 5.33. The van der Waals surface area contributed by atoms with Gasteiger partial charge in [-0.15, -0.1) is 0 Å². The predicted molar refractivity (Wildman–Crippen MR) is 113 cm³/mol. The molecule has 0 atom stereocenters. The summed E-state index contributed by atoms with van der Waals surface area (Å²) in [7, 11) is 4.09. The number of nitrogens with zero attached hydrogens (tertiary/aromatic N) is 2. The second-order valence-electron chi connectivity index (χ2n) is 8.18. The number of fused-ring (bicyclic) bond motifs is 2. The lowest BCUT2D eigenvalue weighted by Gasteiger charge is -2.47. The van der Waals surface area contributed by atoms with Crippen molar-refractivity contribution < 1.29 is 10.2 Å². The van der Waals surface area contributed by atoms with Gasteiger partial charge in [0.1, 0.15) is 0 Å². The molecule has 0 saturated heterocycles. The summed E-state index contributed by atoms with van der Waals surface area (Å²) < 4.78 is 4.31. The van der Waals surface area contributed by atoms with E-state index >= 15 is 0 Å². The van der Waals surface area contributed by atoms with Crippen LogP contribution in [0.5, 0.6) is 0 Å². The van der Waals surface area contributed by atoms with Crippen LogP contribution in [0.4, 0.5) is 0 Å². The molecule has 28 heavy (non-hydrogen) atoms. The SMILES string of the molecule is Cc1c(C2C(O)C(c3c(C)n(C)c4ccccc34)C2O)c2ccccc2n1C. The summed E-state index contributed by atoms with van der Waals surface area (Å²) in [5.41, 5.74) is 6.65. The molecule has 5 rings (SSSR count). The van der Waals surface area contributed by atoms with Gasteiger partial charge < -0.3 is 19.3 Å². The van der Waals surface area contributed by atoms with E-state index in [1.807, 2.05) is 38.4 Å². The van der Waals surface area contributed by atoms with Crippen molar-refractivity contribution in [3.8, 4) is 0 Å². The van der Waals surface area contributed by atoms with Gasteiger partial charge in [-0.25, -0.2) is 0 Å². The number of aliphatic hydroxyl groups is 2. The van der Waals surface area contributed by atoms with Crippen LogP contribution in [0.1, 0.15) is 34.4 Å². The van der Waals surface area contributed by atoms with Crippen LogP contribution >= 0.6 is 0 Å². The number of benzene rings is 2. The molecule has 0 aliphatic heterocycles. The van der Waals surface area contributed by atoms with Crippen molar-refractivity contribution >= 4 is 21.8 Å². The summed E-state index contributed by atoms with van der Waals surface area (Å²) in [6.07, 6.45) is -1.21. The van der Waals surface area contributed by atoms with Crippen molar-refractivity contribution in [2.75, 3.05) is 0 Å². The van der Waals surface area contributed by atoms with Crippen molar-refractivity contribution in [2.45, 2.75) is 37.9 Å². The van der Waals surface area contributed by atoms with Crippen LogP contribution in [0, 0.1) is 13.8 Å². The smallest absolute Gasteiger partial charge is 0.0729 e. The van der Waals surface area contributed by atoms with E-state index in [9.17, 15) is 10.2 Å². The van der Waals surface area contributed by atoms with Gasteiger partial charge in [0.05, 0.1) is 12.2 Å². The second-order valence-corrected chi connectivity index (χ2v) is 8.18. The standard InChI is InChI=1S/C24H26N2O2/c1-13-19(15-9-5-7-11-17(15)25(13)3)21-23(27)22(24(21)28)20-14(2)26(4)18-12-8-6-10-16(18)20/h5-12,21-24,27-28H,1-4H3. The van der Waals surface area contributed by atoms with E-state index < -0.39 is 12.2 Å². The van der Waals surface area contributed by atoms with Crippen molar-refractivity contribution in [2.24, 2.45) is 14.1 Å². The van der Waals surface area contributed by atoms with Gasteiger partial charge in [0.2, 0.25) is 0 Å². The summed E-state index contributed by atoms with van der Waals surface area (Å²) in [6.45, 7) is 4.15. The lowest BCUT2D eigenvalue weighted by Crippen LogP contribution is -2.52. The first kappa shape index (κ1) is 17.5. The van der Waals surface area contributed by atoms with E-state index in [0.29, 0.717) is 0 Å². The minimum atomic E-state index is -0.607. The predicted octanol–water partition coefficient (Wildman–Crippen LogP) is 3.89. The normalized spacial score (nSPS) is 24.8. The topological polar surface area (TPSA) is 50.3 Å². The fourth-order valence-corrected chi connectivity index (χ4v) is 5.33. The minimum Gasteiger partial charge on any atom is -0.392 e. The number of aryl methyl sites for hydroxylation is 2. The average Bonchev–Trinajstić information content (AvgIpc) is 3.10. The van der Waals surface area contributed by atoms with Crippen LogP contribution in [0.3, 0.4) is 0 Å². The fraction of sp³-hybridized carbons (Fsp3) is 0.333. The molecule has 4 nitrogen and oxygen atoms in total. The zero-order valence-corrected chi connectivity index (χ0v) is 16.7. The van der Waals surface area contributed by atoms with Crippen LogP contribution in [0.2, 0.25) is 0 Å². The Morgan fingerprint density at radius 2 is 1.00 bits per heavy atom. The molecule has 0 unspecified atom stereocenters. The monoisotopic (exact) mass is 374 g/mol. The van der Waals surface area contributed by atoms with Crippen molar-refractivity contribution in [3.05, 3.63) is 71.0 Å². The summed E-state index contributed by atoms with van der Waals surface area (Å²) in [5.74, 6) is -0.538. The van der Waals surface area contributed by atoms with Crippen molar-refractivity contribution in [1.29, 1.82) is 0 Å². The first-order chi connectivity index (χ1) is 13.4. The Labute approximate surface area is 164 Å². The summed E-state index contributed by atoms with van der Waals surface area (Å²) in [5, 5.41) is 24.8. The number of hydrogen-bond acceptors (Lipinski definition) is 2. The summed E-state index contributed by atoms with van der Waals surface area (Å²) >= 11 is 0. The third-order valence-electron chi connectivity index (χ3n) is 7.04. The second kappa shape index (κ2) is 5.97. The van der Waals surface area contributed by atoms with Gasteiger partial charge >= 0.3 is 0 Å². The Hall–Kier alpha value is -2.56. The number of para-hydroxylation sites is 2. The molecule has 2 aromatic carbocycles. The number of aliphatic hydroxyl groups excluding tert-OH is 2. The molecule has 2 heterocycles. The highest BCUT2D eigenvalue weighted by Crippen LogP contribution is 2.53. The highest BCUT2D eigenvalue weighted by Gasteiger charge is 2.53. The van der Waals surface area contributed by atoms with E-state index in [-0.39, 0.29) is 11.8 Å². The van der Waals surface area contributed by atoms with Crippen molar-refractivity contribution in [3.63, 3.8) is 0 Å². The first-order valence-corrected chi connectivity index (χ1v) is 9.87. The summed E-state index contributed by atoms with van der Waals surface area (Å²) in [6, 6.07) is 16.5. The highest BCUT2D eigenvalue weighted by atomic mass is 16.3. The molecule has 4 heteroatoms. The van der Waals surface area contributed by atoms with Crippen LogP contribution in [0.15, 0.2) is 48.5 Å². The molecule has 1 saturated carbocycles. The van der Waals surface area contributed by atoms with Crippen LogP contribution in [-0.2, 0) is 14.1 Å². The molecule has 1 aliphatic rings. The maximum atomic E-state index is 11.3. The molecule has 0 spiro atoms. The van der Waals surface area contributed by atoms with Gasteiger partial charge in [-0.2, -0.15) is 0 Å². The Morgan fingerprint density at radius 1 is 0.643 bits per heavy atom. The van der Waals surface area contributed by atoms with E-state index in [1.165, 1.54) is 0 Å². The van der Waals surface area contributed by atoms with Gasteiger partial charge in [0, 0.05) is 59.1 Å². The Balaban J connectivity index is 1.63. The van der Waals surface area contributed by atoms with Gasteiger partial charge in [-0.05, 0) is 37.1 Å². The van der Waals surface area contributed by atoms with Gasteiger partial charge in [-0.3, -0.25) is 0 Å². The Morgan fingerprint density at radius 3 is 1.39 bits per heavy atom. The molecule has 0 amide bonds.